The molecule has 6 heteroatoms. The van der Waals surface area contributed by atoms with Gasteiger partial charge in [0.25, 0.3) is 0 Å². The van der Waals surface area contributed by atoms with Crippen LogP contribution in [0, 0.1) is 11.3 Å². The molecule has 6 nitrogen and oxygen atoms in total. The highest BCUT2D eigenvalue weighted by molar-refractivity contribution is 6.01. The van der Waals surface area contributed by atoms with E-state index in [0.717, 1.165) is 0 Å². The van der Waals surface area contributed by atoms with Gasteiger partial charge in [-0.2, -0.15) is 5.26 Å². The van der Waals surface area contributed by atoms with Gasteiger partial charge >= 0.3 is 11.9 Å². The van der Waals surface area contributed by atoms with Crippen LogP contribution in [0.1, 0.15) is 30.9 Å². The zero-order valence-corrected chi connectivity index (χ0v) is 12.2. The molecule has 0 aromatic heterocycles. The molecule has 21 heavy (non-hydrogen) atoms. The fraction of sp³-hybridized carbons (Fsp3) is 0.400. The zero-order chi connectivity index (χ0) is 15.8. The highest BCUT2D eigenvalue weighted by Crippen LogP contribution is 2.30. The van der Waals surface area contributed by atoms with E-state index in [0.29, 0.717) is 11.3 Å². The van der Waals surface area contributed by atoms with E-state index in [9.17, 15) is 9.59 Å². The molecular weight excluding hydrogens is 274 g/mol. The first kappa shape index (κ1) is 16.5. The summed E-state index contributed by atoms with van der Waals surface area (Å²) in [6, 6.07) is 6.45. The first-order valence-electron chi connectivity index (χ1n) is 6.50. The summed E-state index contributed by atoms with van der Waals surface area (Å²) in [6.45, 7) is 3.55. The van der Waals surface area contributed by atoms with Crippen LogP contribution in [0.25, 0.3) is 0 Å². The van der Waals surface area contributed by atoms with Gasteiger partial charge in [0.1, 0.15) is 5.75 Å². The van der Waals surface area contributed by atoms with Crippen molar-refractivity contribution >= 4 is 11.9 Å². The molecular formula is C15H17NO5. The van der Waals surface area contributed by atoms with Gasteiger partial charge in [-0.15, -0.1) is 0 Å². The predicted molar refractivity (Wildman–Crippen MR) is 73.7 cm³/mol. The lowest BCUT2D eigenvalue weighted by Crippen LogP contribution is -2.26. The maximum Gasteiger partial charge on any atom is 0.325 e. The second-order valence-corrected chi connectivity index (χ2v) is 4.01. The molecule has 0 saturated carbocycles. The smallest absolute Gasteiger partial charge is 0.325 e. The molecule has 1 aromatic rings. The van der Waals surface area contributed by atoms with Gasteiger partial charge in [0, 0.05) is 5.56 Å². The Hall–Kier alpha value is -2.55. The Labute approximate surface area is 123 Å². The summed E-state index contributed by atoms with van der Waals surface area (Å²) in [6.07, 6.45) is 0. The molecule has 0 unspecified atom stereocenters. The topological polar surface area (TPSA) is 85.6 Å². The lowest BCUT2D eigenvalue weighted by atomic mass is 9.96. The number of ether oxygens (including phenoxy) is 3. The summed E-state index contributed by atoms with van der Waals surface area (Å²) in [5.74, 6) is -2.41. The molecule has 112 valence electrons. The van der Waals surface area contributed by atoms with Crippen molar-refractivity contribution in [3.05, 3.63) is 29.3 Å². The normalized spacial score (nSPS) is 9.86. The lowest BCUT2D eigenvalue weighted by Gasteiger charge is -2.17. The fourth-order valence-electron chi connectivity index (χ4n) is 1.83. The largest absolute Gasteiger partial charge is 0.496 e. The SMILES string of the molecule is CCOC(=O)C(C(=O)OCC)c1cc(C#N)ccc1OC. The zero-order valence-electron chi connectivity index (χ0n) is 12.2. The summed E-state index contributed by atoms with van der Waals surface area (Å²) < 4.78 is 15.0. The standard InChI is InChI=1S/C15H17NO5/c1-4-20-14(17)13(15(18)21-5-2)11-8-10(9-16)6-7-12(11)19-3/h6-8,13H,4-5H2,1-3H3. The van der Waals surface area contributed by atoms with Crippen LogP contribution in [-0.2, 0) is 19.1 Å². The van der Waals surface area contributed by atoms with Crippen molar-refractivity contribution in [2.75, 3.05) is 20.3 Å². The van der Waals surface area contributed by atoms with Crippen molar-refractivity contribution in [2.24, 2.45) is 0 Å². The Bertz CT molecular complexity index is 544. The number of benzene rings is 1. The summed E-state index contributed by atoms with van der Waals surface area (Å²) in [4.78, 5) is 24.1. The maximum atomic E-state index is 12.1. The molecule has 0 N–H and O–H groups in total. The van der Waals surface area contributed by atoms with Crippen molar-refractivity contribution in [3.63, 3.8) is 0 Å². The number of hydrogen-bond acceptors (Lipinski definition) is 6. The third-order valence-corrected chi connectivity index (χ3v) is 2.71. The van der Waals surface area contributed by atoms with Crippen LogP contribution < -0.4 is 4.74 Å². The predicted octanol–water partition coefficient (Wildman–Crippen LogP) is 1.78. The van der Waals surface area contributed by atoms with Crippen LogP contribution in [0.2, 0.25) is 0 Å². The van der Waals surface area contributed by atoms with Gasteiger partial charge in [-0.25, -0.2) is 0 Å². The average Bonchev–Trinajstić information content (AvgIpc) is 2.48. The molecule has 0 aliphatic heterocycles. The molecule has 1 aromatic carbocycles. The summed E-state index contributed by atoms with van der Waals surface area (Å²) >= 11 is 0. The number of hydrogen-bond donors (Lipinski definition) is 0. The first-order valence-corrected chi connectivity index (χ1v) is 6.50. The second-order valence-electron chi connectivity index (χ2n) is 4.01. The monoisotopic (exact) mass is 291 g/mol. The van der Waals surface area contributed by atoms with E-state index >= 15 is 0 Å². The Morgan fingerprint density at radius 1 is 1.19 bits per heavy atom. The van der Waals surface area contributed by atoms with Gasteiger partial charge in [0.15, 0.2) is 5.92 Å². The molecule has 0 amide bonds. The minimum atomic E-state index is -1.27. The molecule has 0 aliphatic carbocycles. The van der Waals surface area contributed by atoms with E-state index in [4.69, 9.17) is 19.5 Å². The van der Waals surface area contributed by atoms with Crippen LogP contribution in [0.3, 0.4) is 0 Å². The summed E-state index contributed by atoms with van der Waals surface area (Å²) in [5, 5.41) is 8.97. The van der Waals surface area contributed by atoms with Crippen LogP contribution in [-0.4, -0.2) is 32.3 Å². The average molecular weight is 291 g/mol. The highest BCUT2D eigenvalue weighted by atomic mass is 16.6. The van der Waals surface area contributed by atoms with Gasteiger partial charge in [0.05, 0.1) is 32.0 Å². The van der Waals surface area contributed by atoms with Crippen molar-refractivity contribution < 1.29 is 23.8 Å². The molecule has 0 fully saturated rings. The number of esters is 2. The number of carbonyl (C=O) groups is 2. The van der Waals surface area contributed by atoms with E-state index in [1.807, 2.05) is 6.07 Å². The van der Waals surface area contributed by atoms with E-state index in [1.54, 1.807) is 13.8 Å². The third-order valence-electron chi connectivity index (χ3n) is 2.71. The second kappa shape index (κ2) is 7.90. The van der Waals surface area contributed by atoms with E-state index in [-0.39, 0.29) is 18.8 Å². The molecule has 1 rings (SSSR count). The van der Waals surface area contributed by atoms with E-state index < -0.39 is 17.9 Å². The molecule has 0 atom stereocenters. The number of carbonyl (C=O) groups excluding carboxylic acids is 2. The molecule has 0 bridgehead atoms. The molecule has 0 radical (unpaired) electrons. The van der Waals surface area contributed by atoms with Crippen LogP contribution in [0.15, 0.2) is 18.2 Å². The lowest BCUT2D eigenvalue weighted by molar-refractivity contribution is -0.157. The number of rotatable bonds is 6. The van der Waals surface area contributed by atoms with Gasteiger partial charge < -0.3 is 14.2 Å². The van der Waals surface area contributed by atoms with Gasteiger partial charge in [-0.1, -0.05) is 0 Å². The van der Waals surface area contributed by atoms with E-state index in [2.05, 4.69) is 0 Å². The van der Waals surface area contributed by atoms with Gasteiger partial charge in [0.2, 0.25) is 0 Å². The summed E-state index contributed by atoms with van der Waals surface area (Å²) in [5.41, 5.74) is 0.567. The van der Waals surface area contributed by atoms with Gasteiger partial charge in [-0.3, -0.25) is 9.59 Å². The third kappa shape index (κ3) is 3.96. The Morgan fingerprint density at radius 3 is 2.19 bits per heavy atom. The molecule has 0 spiro atoms. The van der Waals surface area contributed by atoms with Crippen LogP contribution in [0.4, 0.5) is 0 Å². The minimum Gasteiger partial charge on any atom is -0.496 e. The van der Waals surface area contributed by atoms with Crippen molar-refractivity contribution in [2.45, 2.75) is 19.8 Å². The van der Waals surface area contributed by atoms with Crippen molar-refractivity contribution in [1.82, 2.24) is 0 Å². The van der Waals surface area contributed by atoms with E-state index in [1.165, 1.54) is 25.3 Å². The van der Waals surface area contributed by atoms with Crippen molar-refractivity contribution in [1.29, 1.82) is 5.26 Å². The van der Waals surface area contributed by atoms with Gasteiger partial charge in [-0.05, 0) is 32.0 Å². The molecule has 0 heterocycles. The van der Waals surface area contributed by atoms with Crippen LogP contribution in [0.5, 0.6) is 5.75 Å². The molecule has 0 aliphatic rings. The Balaban J connectivity index is 3.33. The Morgan fingerprint density at radius 2 is 1.76 bits per heavy atom. The number of nitrogens with zero attached hydrogens (tertiary/aromatic N) is 1. The van der Waals surface area contributed by atoms with Crippen LogP contribution >= 0.6 is 0 Å². The fourth-order valence-corrected chi connectivity index (χ4v) is 1.83. The number of methoxy groups -OCH3 is 1. The summed E-state index contributed by atoms with van der Waals surface area (Å²) in [7, 11) is 1.41. The Kier molecular flexibility index (Phi) is 6.21. The highest BCUT2D eigenvalue weighted by Gasteiger charge is 2.34. The molecule has 0 saturated heterocycles. The quantitative estimate of drug-likeness (QED) is 0.586. The minimum absolute atomic E-state index is 0.134. The first-order chi connectivity index (χ1) is 10.1. The van der Waals surface area contributed by atoms with Crippen molar-refractivity contribution in [3.8, 4) is 11.8 Å². The number of nitriles is 1. The maximum absolute atomic E-state index is 12.1.